The fraction of sp³-hybridized carbons (Fsp3) is 0.600. The van der Waals surface area contributed by atoms with Gasteiger partial charge in [-0.15, -0.1) is 11.3 Å². The molecule has 4 aromatic rings. The van der Waals surface area contributed by atoms with Crippen molar-refractivity contribution in [1.82, 2.24) is 25.1 Å². The van der Waals surface area contributed by atoms with Crippen LogP contribution in [0.25, 0.3) is 22.0 Å². The van der Waals surface area contributed by atoms with E-state index in [9.17, 15) is 9.59 Å². The number of benzene rings is 2. The van der Waals surface area contributed by atoms with Gasteiger partial charge < -0.3 is 25.0 Å². The molecule has 2 saturated carbocycles. The number of nitrogens with zero attached hydrogens (tertiary/aromatic N) is 4. The highest BCUT2D eigenvalue weighted by Crippen LogP contribution is 2.46. The number of hydrogen-bond acceptors (Lipinski definition) is 10. The first kappa shape index (κ1) is 43.6. The molecule has 8 rings (SSSR count). The largest absolute Gasteiger partial charge is 0.496 e. The summed E-state index contributed by atoms with van der Waals surface area (Å²) in [5.41, 5.74) is 5.19. The van der Waals surface area contributed by atoms with Gasteiger partial charge in [0.2, 0.25) is 5.91 Å². The number of anilines is 1. The van der Waals surface area contributed by atoms with E-state index in [4.69, 9.17) is 19.4 Å². The molecule has 61 heavy (non-hydrogen) atoms. The zero-order chi connectivity index (χ0) is 42.7. The molecule has 2 aliphatic carbocycles. The SMILES string of the molecule is COc1cc2nc(C)nc(N[C@H](C)c3cc(-c4ccccc4CC(=O)OC(C)(C)C)cs3)c2cc1C1CCC(C(=O)N2CCN(CC3CCC4(CCNCC4)CC3)CC2)CC1. The number of rotatable bonds is 11. The molecule has 4 fully saturated rings. The molecule has 1 amide bonds. The minimum Gasteiger partial charge on any atom is -0.496 e. The Morgan fingerprint density at radius 2 is 1.67 bits per heavy atom. The molecule has 1 spiro atoms. The number of methoxy groups -OCH3 is 1. The first-order valence-corrected chi connectivity index (χ1v) is 24.0. The first-order valence-electron chi connectivity index (χ1n) is 23.1. The summed E-state index contributed by atoms with van der Waals surface area (Å²) in [6.07, 6.45) is 12.2. The van der Waals surface area contributed by atoms with Crippen molar-refractivity contribution in [3.8, 4) is 16.9 Å². The summed E-state index contributed by atoms with van der Waals surface area (Å²) in [5, 5.41) is 10.4. The van der Waals surface area contributed by atoms with E-state index >= 15 is 0 Å². The van der Waals surface area contributed by atoms with Crippen LogP contribution in [0.2, 0.25) is 0 Å². The zero-order valence-corrected chi connectivity index (χ0v) is 38.3. The molecule has 0 bridgehead atoms. The summed E-state index contributed by atoms with van der Waals surface area (Å²) in [4.78, 5) is 42.4. The molecule has 10 nitrogen and oxygen atoms in total. The van der Waals surface area contributed by atoms with Gasteiger partial charge in [-0.1, -0.05) is 24.3 Å². The fourth-order valence-electron chi connectivity index (χ4n) is 10.7. The Morgan fingerprint density at radius 1 is 0.951 bits per heavy atom. The number of ether oxygens (including phenoxy) is 2. The molecule has 4 aliphatic rings. The molecule has 2 saturated heterocycles. The summed E-state index contributed by atoms with van der Waals surface area (Å²) in [6.45, 7) is 17.1. The number of carbonyl (C=O) groups is 2. The number of esters is 1. The third-order valence-electron chi connectivity index (χ3n) is 14.2. The van der Waals surface area contributed by atoms with Gasteiger partial charge in [0.1, 0.15) is 23.0 Å². The van der Waals surface area contributed by atoms with Crippen molar-refractivity contribution in [1.29, 1.82) is 0 Å². The minimum absolute atomic E-state index is 0.0258. The van der Waals surface area contributed by atoms with Gasteiger partial charge in [-0.3, -0.25) is 14.5 Å². The Bertz CT molecular complexity index is 2150. The van der Waals surface area contributed by atoms with Crippen LogP contribution in [0.4, 0.5) is 5.82 Å². The molecule has 2 aromatic heterocycles. The lowest BCUT2D eigenvalue weighted by Gasteiger charge is -2.45. The molecule has 2 aromatic carbocycles. The van der Waals surface area contributed by atoms with Gasteiger partial charge in [0, 0.05) is 55.0 Å². The standard InChI is InChI=1S/C50H68N6O4S/c1-33(45-27-39(32-61-45)40-10-8-7-9-38(40)28-46(57)60-49(3,4)5)52-47-42-29-41(44(59-6)30-43(42)53-34(2)54-47)36-11-13-37(14-12-36)48(58)56-25-23-55(24-26-56)31-35-15-17-50(18-16-35)19-21-51-22-20-50/h7-10,27,29-30,32-33,35-37,51H,11-26,28,31H2,1-6H3,(H,52,53,54)/t33-,36?,37?/m1/s1. The lowest BCUT2D eigenvalue weighted by atomic mass is 9.65. The minimum atomic E-state index is -0.528. The second kappa shape index (κ2) is 18.7. The highest BCUT2D eigenvalue weighted by atomic mass is 32.1. The topological polar surface area (TPSA) is 109 Å². The molecule has 1 atom stereocenters. The van der Waals surface area contributed by atoms with Crippen LogP contribution in [-0.2, 0) is 20.7 Å². The van der Waals surface area contributed by atoms with E-state index in [1.807, 2.05) is 45.9 Å². The van der Waals surface area contributed by atoms with E-state index < -0.39 is 5.60 Å². The van der Waals surface area contributed by atoms with Crippen molar-refractivity contribution in [3.63, 3.8) is 0 Å². The highest BCUT2D eigenvalue weighted by Gasteiger charge is 2.38. The summed E-state index contributed by atoms with van der Waals surface area (Å²) >= 11 is 1.70. The van der Waals surface area contributed by atoms with Gasteiger partial charge in [-0.05, 0) is 169 Å². The van der Waals surface area contributed by atoms with Crippen LogP contribution in [0.1, 0.15) is 126 Å². The molecular weight excluding hydrogens is 781 g/mol. The monoisotopic (exact) mass is 849 g/mol. The van der Waals surface area contributed by atoms with Gasteiger partial charge in [0.15, 0.2) is 0 Å². The number of aryl methyl sites for hydroxylation is 1. The maximum Gasteiger partial charge on any atom is 0.310 e. The Labute approximate surface area is 367 Å². The van der Waals surface area contributed by atoms with E-state index in [2.05, 4.69) is 57.0 Å². The average Bonchev–Trinajstić information content (AvgIpc) is 3.75. The van der Waals surface area contributed by atoms with Gasteiger partial charge in [0.25, 0.3) is 0 Å². The van der Waals surface area contributed by atoms with Crippen molar-refractivity contribution < 1.29 is 19.1 Å². The Balaban J connectivity index is 0.883. The predicted octanol–water partition coefficient (Wildman–Crippen LogP) is 9.71. The second-order valence-corrected chi connectivity index (χ2v) is 20.6. The van der Waals surface area contributed by atoms with E-state index in [0.717, 1.165) is 96.9 Å². The molecule has 2 N–H and O–H groups in total. The number of amides is 1. The Hall–Kier alpha value is -4.06. The summed E-state index contributed by atoms with van der Waals surface area (Å²) in [6, 6.07) is 14.6. The Kier molecular flexibility index (Phi) is 13.4. The van der Waals surface area contributed by atoms with Crippen LogP contribution in [0.5, 0.6) is 5.75 Å². The van der Waals surface area contributed by atoms with E-state index in [-0.39, 0.29) is 24.3 Å². The third kappa shape index (κ3) is 10.4. The van der Waals surface area contributed by atoms with Crippen LogP contribution in [0.3, 0.4) is 0 Å². The normalized spacial score (nSPS) is 22.0. The first-order chi connectivity index (χ1) is 29.3. The number of aromatic nitrogens is 2. The van der Waals surface area contributed by atoms with E-state index in [0.29, 0.717) is 23.1 Å². The van der Waals surface area contributed by atoms with Crippen molar-refractivity contribution in [2.45, 2.75) is 123 Å². The van der Waals surface area contributed by atoms with Crippen molar-refractivity contribution in [3.05, 3.63) is 69.7 Å². The molecule has 328 valence electrons. The van der Waals surface area contributed by atoms with Crippen LogP contribution < -0.4 is 15.4 Å². The number of piperazine rings is 1. The number of hydrogen-bond donors (Lipinski definition) is 2. The van der Waals surface area contributed by atoms with Crippen LogP contribution >= 0.6 is 11.3 Å². The quantitative estimate of drug-likeness (QED) is 0.143. The summed E-state index contributed by atoms with van der Waals surface area (Å²) in [5.74, 6) is 3.70. The Morgan fingerprint density at radius 3 is 2.38 bits per heavy atom. The summed E-state index contributed by atoms with van der Waals surface area (Å²) < 4.78 is 11.6. The zero-order valence-electron chi connectivity index (χ0n) is 37.5. The number of thiophene rings is 1. The molecule has 11 heteroatoms. The average molecular weight is 849 g/mol. The van der Waals surface area contributed by atoms with Crippen molar-refractivity contribution in [2.24, 2.45) is 17.3 Å². The van der Waals surface area contributed by atoms with Gasteiger partial charge in [-0.25, -0.2) is 9.97 Å². The number of nitrogens with one attached hydrogen (secondary N) is 2. The predicted molar refractivity (Wildman–Crippen MR) is 246 cm³/mol. The lowest BCUT2D eigenvalue weighted by Crippen LogP contribution is -2.51. The van der Waals surface area contributed by atoms with Crippen LogP contribution in [-0.4, -0.2) is 90.2 Å². The number of carbonyl (C=O) groups excluding carboxylic acids is 2. The third-order valence-corrected chi connectivity index (χ3v) is 15.3. The van der Waals surface area contributed by atoms with Crippen LogP contribution in [0, 0.1) is 24.2 Å². The summed E-state index contributed by atoms with van der Waals surface area (Å²) in [7, 11) is 1.74. The van der Waals surface area contributed by atoms with Crippen molar-refractivity contribution in [2.75, 3.05) is 58.2 Å². The maximum atomic E-state index is 13.9. The molecule has 2 aliphatic heterocycles. The van der Waals surface area contributed by atoms with E-state index in [1.165, 1.54) is 68.6 Å². The van der Waals surface area contributed by atoms with Gasteiger partial charge >= 0.3 is 5.97 Å². The van der Waals surface area contributed by atoms with E-state index in [1.54, 1.807) is 18.4 Å². The molecular formula is C50H68N6O4S. The number of fused-ring (bicyclic) bond motifs is 1. The molecule has 0 unspecified atom stereocenters. The smallest absolute Gasteiger partial charge is 0.310 e. The second-order valence-electron chi connectivity index (χ2n) is 19.6. The molecule has 0 radical (unpaired) electrons. The van der Waals surface area contributed by atoms with Gasteiger partial charge in [-0.2, -0.15) is 0 Å². The maximum absolute atomic E-state index is 13.9. The van der Waals surface area contributed by atoms with Gasteiger partial charge in [0.05, 0.1) is 25.1 Å². The lowest BCUT2D eigenvalue weighted by molar-refractivity contribution is -0.153. The highest BCUT2D eigenvalue weighted by molar-refractivity contribution is 7.10. The van der Waals surface area contributed by atoms with Crippen molar-refractivity contribution >= 4 is 39.9 Å². The number of piperidine rings is 1. The fourth-order valence-corrected chi connectivity index (χ4v) is 11.7. The van der Waals surface area contributed by atoms with Crippen LogP contribution in [0.15, 0.2) is 47.8 Å². The molecule has 4 heterocycles.